The molecule has 0 spiro atoms. The Bertz CT molecular complexity index is 699. The topological polar surface area (TPSA) is 71.1 Å². The van der Waals surface area contributed by atoms with E-state index in [0.717, 1.165) is 0 Å². The van der Waals surface area contributed by atoms with Crippen LogP contribution in [0.2, 0.25) is 0 Å². The molecule has 0 aromatic heterocycles. The van der Waals surface area contributed by atoms with Crippen molar-refractivity contribution in [3.63, 3.8) is 0 Å². The molecule has 2 rings (SSSR count). The largest absolute Gasteiger partial charge is 0.493 e. The van der Waals surface area contributed by atoms with Crippen LogP contribution in [0, 0.1) is 0 Å². The van der Waals surface area contributed by atoms with Gasteiger partial charge >= 0.3 is 18.1 Å². The predicted octanol–water partition coefficient (Wildman–Crippen LogP) is 2.86. The Balaban J connectivity index is 2.26. The van der Waals surface area contributed by atoms with Gasteiger partial charge in [0.05, 0.1) is 7.11 Å². The average Bonchev–Trinajstić information content (AvgIpc) is 2.47. The van der Waals surface area contributed by atoms with Gasteiger partial charge in [0.15, 0.2) is 18.1 Å². The van der Waals surface area contributed by atoms with Crippen LogP contribution in [-0.4, -0.2) is 37.6 Å². The van der Waals surface area contributed by atoms with E-state index in [1.165, 1.54) is 45.2 Å². The van der Waals surface area contributed by atoms with Crippen molar-refractivity contribution in [1.29, 1.82) is 0 Å². The average molecular weight is 360 g/mol. The second kappa shape index (κ2) is 6.66. The van der Waals surface area contributed by atoms with Gasteiger partial charge in [-0.3, -0.25) is 0 Å². The minimum absolute atomic E-state index is 0.0106. The number of cyclic esters (lactones) is 2. The quantitative estimate of drug-likeness (QED) is 0.467. The summed E-state index contributed by atoms with van der Waals surface area (Å²) < 4.78 is 56.2. The number of esters is 2. The highest BCUT2D eigenvalue weighted by Crippen LogP contribution is 2.31. The number of methoxy groups -OCH3 is 1. The molecule has 0 amide bonds. The van der Waals surface area contributed by atoms with E-state index in [1.807, 2.05) is 0 Å². The minimum atomic E-state index is -4.49. The second-order valence-electron chi connectivity index (χ2n) is 5.55. The van der Waals surface area contributed by atoms with E-state index in [4.69, 9.17) is 14.2 Å². The molecule has 0 unspecified atom stereocenters. The van der Waals surface area contributed by atoms with Gasteiger partial charge in [0.1, 0.15) is 5.57 Å². The van der Waals surface area contributed by atoms with Crippen molar-refractivity contribution < 1.29 is 41.7 Å². The van der Waals surface area contributed by atoms with Crippen molar-refractivity contribution in [2.45, 2.75) is 25.8 Å². The number of carbonyl (C=O) groups excluding carboxylic acids is 2. The molecule has 0 atom stereocenters. The molecule has 6 nitrogen and oxygen atoms in total. The molecule has 1 aliphatic heterocycles. The molecule has 9 heteroatoms. The van der Waals surface area contributed by atoms with Crippen LogP contribution in [0.25, 0.3) is 6.08 Å². The molecule has 1 fully saturated rings. The van der Waals surface area contributed by atoms with Crippen LogP contribution in [0.4, 0.5) is 13.2 Å². The Hall–Kier alpha value is -2.71. The van der Waals surface area contributed by atoms with Gasteiger partial charge in [0.2, 0.25) is 0 Å². The van der Waals surface area contributed by atoms with Crippen molar-refractivity contribution in [1.82, 2.24) is 0 Å². The number of hydrogen-bond donors (Lipinski definition) is 0. The SMILES string of the molecule is COc1cc(C=C2C(=O)OC(C)(C)OC2=O)ccc1OCC(F)(F)F. The minimum Gasteiger partial charge on any atom is -0.493 e. The molecule has 1 saturated heterocycles. The van der Waals surface area contributed by atoms with Gasteiger partial charge in [0.25, 0.3) is 5.79 Å². The Morgan fingerprint density at radius 2 is 1.72 bits per heavy atom. The van der Waals surface area contributed by atoms with E-state index in [9.17, 15) is 22.8 Å². The van der Waals surface area contributed by atoms with Crippen molar-refractivity contribution in [2.24, 2.45) is 0 Å². The lowest BCUT2D eigenvalue weighted by Gasteiger charge is -2.29. The standard InChI is InChI=1S/C16H15F3O6/c1-15(2)24-13(20)10(14(21)25-15)6-9-4-5-11(12(7-9)22-3)23-8-16(17,18)19/h4-7H,8H2,1-3H3. The van der Waals surface area contributed by atoms with Crippen molar-refractivity contribution in [3.8, 4) is 11.5 Å². The highest BCUT2D eigenvalue weighted by molar-refractivity contribution is 6.18. The molecule has 1 aromatic carbocycles. The third kappa shape index (κ3) is 4.88. The third-order valence-corrected chi connectivity index (χ3v) is 3.01. The van der Waals surface area contributed by atoms with Gasteiger partial charge in [0, 0.05) is 13.8 Å². The zero-order valence-electron chi connectivity index (χ0n) is 13.6. The summed E-state index contributed by atoms with van der Waals surface area (Å²) in [4.78, 5) is 23.8. The Morgan fingerprint density at radius 3 is 2.24 bits per heavy atom. The molecule has 1 aliphatic rings. The van der Waals surface area contributed by atoms with Gasteiger partial charge in [-0.15, -0.1) is 0 Å². The van der Waals surface area contributed by atoms with Crippen molar-refractivity contribution >= 4 is 18.0 Å². The molecular weight excluding hydrogens is 345 g/mol. The molecule has 0 saturated carbocycles. The summed E-state index contributed by atoms with van der Waals surface area (Å²) in [6.07, 6.45) is -3.30. The first-order chi connectivity index (χ1) is 11.5. The lowest BCUT2D eigenvalue weighted by molar-refractivity contribution is -0.222. The number of alkyl halides is 3. The third-order valence-electron chi connectivity index (χ3n) is 3.01. The van der Waals surface area contributed by atoms with Gasteiger partial charge < -0.3 is 18.9 Å². The number of benzene rings is 1. The van der Waals surface area contributed by atoms with E-state index in [-0.39, 0.29) is 17.1 Å². The summed E-state index contributed by atoms with van der Waals surface area (Å²) in [7, 11) is 1.25. The van der Waals surface area contributed by atoms with Crippen LogP contribution in [0.3, 0.4) is 0 Å². The van der Waals surface area contributed by atoms with Crippen molar-refractivity contribution in [2.75, 3.05) is 13.7 Å². The number of halogens is 3. The molecule has 0 N–H and O–H groups in total. The maximum Gasteiger partial charge on any atom is 0.422 e. The van der Waals surface area contributed by atoms with Crippen LogP contribution in [0.15, 0.2) is 23.8 Å². The van der Waals surface area contributed by atoms with Gasteiger partial charge in [-0.25, -0.2) is 9.59 Å². The monoisotopic (exact) mass is 360 g/mol. The molecule has 1 aromatic rings. The van der Waals surface area contributed by atoms with Gasteiger partial charge in [-0.2, -0.15) is 13.2 Å². The lowest BCUT2D eigenvalue weighted by Crippen LogP contribution is -2.41. The van der Waals surface area contributed by atoms with E-state index in [0.29, 0.717) is 5.56 Å². The van der Waals surface area contributed by atoms with Crippen LogP contribution in [0.5, 0.6) is 11.5 Å². The summed E-state index contributed by atoms with van der Waals surface area (Å²) in [5.74, 6) is -3.21. The first-order valence-corrected chi connectivity index (χ1v) is 7.07. The fourth-order valence-corrected chi connectivity index (χ4v) is 2.00. The van der Waals surface area contributed by atoms with E-state index >= 15 is 0 Å². The first kappa shape index (κ1) is 18.6. The molecular formula is C16H15F3O6. The maximum absolute atomic E-state index is 12.2. The lowest BCUT2D eigenvalue weighted by atomic mass is 10.1. The molecule has 0 radical (unpaired) electrons. The molecule has 0 bridgehead atoms. The summed E-state index contributed by atoms with van der Waals surface area (Å²) in [5.41, 5.74) is -0.0230. The number of rotatable bonds is 4. The molecule has 136 valence electrons. The molecule has 1 heterocycles. The molecule has 25 heavy (non-hydrogen) atoms. The zero-order valence-corrected chi connectivity index (χ0v) is 13.6. The van der Waals surface area contributed by atoms with Crippen LogP contribution in [0.1, 0.15) is 19.4 Å². The highest BCUT2D eigenvalue weighted by atomic mass is 19.4. The smallest absolute Gasteiger partial charge is 0.422 e. The van der Waals surface area contributed by atoms with Crippen LogP contribution in [-0.2, 0) is 19.1 Å². The fourth-order valence-electron chi connectivity index (χ4n) is 2.00. The van der Waals surface area contributed by atoms with Crippen molar-refractivity contribution in [3.05, 3.63) is 29.3 Å². The second-order valence-corrected chi connectivity index (χ2v) is 5.55. The Labute approximate surface area is 141 Å². The van der Waals surface area contributed by atoms with E-state index in [1.54, 1.807) is 0 Å². The zero-order chi connectivity index (χ0) is 18.8. The van der Waals surface area contributed by atoms with Gasteiger partial charge in [-0.1, -0.05) is 6.07 Å². The normalized spacial score (nSPS) is 16.8. The highest BCUT2D eigenvalue weighted by Gasteiger charge is 2.38. The fraction of sp³-hybridized carbons (Fsp3) is 0.375. The number of carbonyl (C=O) groups is 2. The summed E-state index contributed by atoms with van der Waals surface area (Å²) in [6, 6.07) is 3.92. The predicted molar refractivity (Wildman–Crippen MR) is 78.8 cm³/mol. The maximum atomic E-state index is 12.2. The number of hydrogen-bond acceptors (Lipinski definition) is 6. The summed E-state index contributed by atoms with van der Waals surface area (Å²) in [6.45, 7) is 1.35. The van der Waals surface area contributed by atoms with Crippen LogP contribution < -0.4 is 9.47 Å². The van der Waals surface area contributed by atoms with E-state index < -0.39 is 30.5 Å². The Morgan fingerprint density at radius 1 is 1.12 bits per heavy atom. The first-order valence-electron chi connectivity index (χ1n) is 7.07. The van der Waals surface area contributed by atoms with E-state index in [2.05, 4.69) is 4.74 Å². The summed E-state index contributed by atoms with van der Waals surface area (Å²) >= 11 is 0. The Kier molecular flexibility index (Phi) is 4.96. The summed E-state index contributed by atoms with van der Waals surface area (Å²) in [5, 5.41) is 0. The van der Waals surface area contributed by atoms with Crippen LogP contribution >= 0.6 is 0 Å². The van der Waals surface area contributed by atoms with Gasteiger partial charge in [-0.05, 0) is 23.8 Å². The number of ether oxygens (including phenoxy) is 4. The molecule has 0 aliphatic carbocycles.